The summed E-state index contributed by atoms with van der Waals surface area (Å²) < 4.78 is 0. The van der Waals surface area contributed by atoms with Gasteiger partial charge >= 0.3 is 0 Å². The number of hydrogen-bond acceptors (Lipinski definition) is 4. The average Bonchev–Trinajstić information content (AvgIpc) is 2.41. The summed E-state index contributed by atoms with van der Waals surface area (Å²) in [5.41, 5.74) is 6.29. The molecule has 1 saturated heterocycles. The van der Waals surface area contributed by atoms with Crippen LogP contribution in [0, 0.1) is 5.92 Å². The summed E-state index contributed by atoms with van der Waals surface area (Å²) in [5.74, 6) is 0.582. The highest BCUT2D eigenvalue weighted by molar-refractivity contribution is 4.87. The molecule has 1 heterocycles. The Hall–Kier alpha value is -0.160. The molecule has 3 atom stereocenters. The zero-order valence-electron chi connectivity index (χ0n) is 12.5. The summed E-state index contributed by atoms with van der Waals surface area (Å²) in [4.78, 5) is 4.78. The first kappa shape index (κ1) is 15.9. The molecular weight excluding hydrogens is 226 g/mol. The van der Waals surface area contributed by atoms with Gasteiger partial charge < -0.3 is 15.7 Å². The summed E-state index contributed by atoms with van der Waals surface area (Å²) in [6.45, 7) is 10.0. The molecule has 0 spiro atoms. The standard InChI is InChI=1S/C14H31N3O/c1-11(2)8-13(15)14(10-18)17-7-5-6-16(4)9-12(17)3/h11-14,18H,5-10,15H2,1-4H3. The minimum absolute atomic E-state index is 0.0702. The van der Waals surface area contributed by atoms with Gasteiger partial charge in [0.25, 0.3) is 0 Å². The maximum Gasteiger partial charge on any atom is 0.0602 e. The van der Waals surface area contributed by atoms with Crippen molar-refractivity contribution in [2.45, 2.75) is 51.7 Å². The normalized spacial score (nSPS) is 27.2. The van der Waals surface area contributed by atoms with Gasteiger partial charge in [-0.3, -0.25) is 4.90 Å². The lowest BCUT2D eigenvalue weighted by molar-refractivity contribution is 0.0694. The van der Waals surface area contributed by atoms with Crippen molar-refractivity contribution < 1.29 is 5.11 Å². The summed E-state index contributed by atoms with van der Waals surface area (Å²) in [6, 6.07) is 0.641. The maximum absolute atomic E-state index is 9.70. The van der Waals surface area contributed by atoms with Crippen LogP contribution in [0.25, 0.3) is 0 Å². The predicted molar refractivity (Wildman–Crippen MR) is 76.6 cm³/mol. The second kappa shape index (κ2) is 7.43. The number of rotatable bonds is 5. The Morgan fingerprint density at radius 3 is 2.56 bits per heavy atom. The van der Waals surface area contributed by atoms with E-state index in [0.717, 1.165) is 32.5 Å². The van der Waals surface area contributed by atoms with E-state index < -0.39 is 0 Å². The van der Waals surface area contributed by atoms with Gasteiger partial charge in [-0.15, -0.1) is 0 Å². The molecule has 0 aromatic heterocycles. The van der Waals surface area contributed by atoms with Crippen LogP contribution in [0.5, 0.6) is 0 Å². The van der Waals surface area contributed by atoms with Crippen LogP contribution < -0.4 is 5.73 Å². The van der Waals surface area contributed by atoms with Crippen LogP contribution in [0.15, 0.2) is 0 Å². The summed E-state index contributed by atoms with van der Waals surface area (Å²) in [5, 5.41) is 9.70. The van der Waals surface area contributed by atoms with Crippen molar-refractivity contribution in [3.63, 3.8) is 0 Å². The molecule has 1 rings (SSSR count). The van der Waals surface area contributed by atoms with Crippen molar-refractivity contribution >= 4 is 0 Å². The third-order valence-electron chi connectivity index (χ3n) is 3.95. The third kappa shape index (κ3) is 4.50. The fourth-order valence-electron chi connectivity index (χ4n) is 3.07. The maximum atomic E-state index is 9.70. The first-order valence-electron chi connectivity index (χ1n) is 7.26. The molecule has 1 aliphatic heterocycles. The highest BCUT2D eigenvalue weighted by Crippen LogP contribution is 2.17. The van der Waals surface area contributed by atoms with Gasteiger partial charge in [0.2, 0.25) is 0 Å². The van der Waals surface area contributed by atoms with Crippen LogP contribution in [0.4, 0.5) is 0 Å². The zero-order chi connectivity index (χ0) is 13.7. The van der Waals surface area contributed by atoms with Crippen LogP contribution in [-0.2, 0) is 0 Å². The molecule has 0 aromatic rings. The van der Waals surface area contributed by atoms with E-state index in [1.807, 2.05) is 0 Å². The lowest BCUT2D eigenvalue weighted by Gasteiger charge is -2.38. The van der Waals surface area contributed by atoms with Crippen LogP contribution in [0.2, 0.25) is 0 Å². The predicted octanol–water partition coefficient (Wildman–Crippen LogP) is 0.747. The number of likely N-dealkylation sites (N-methyl/N-ethyl adjacent to an activating group) is 1. The Morgan fingerprint density at radius 1 is 1.33 bits per heavy atom. The van der Waals surface area contributed by atoms with E-state index in [2.05, 4.69) is 37.6 Å². The van der Waals surface area contributed by atoms with Gasteiger partial charge in [0.15, 0.2) is 0 Å². The number of aliphatic hydroxyl groups excluding tert-OH is 1. The Kier molecular flexibility index (Phi) is 6.57. The fraction of sp³-hybridized carbons (Fsp3) is 1.00. The van der Waals surface area contributed by atoms with Gasteiger partial charge in [-0.2, -0.15) is 0 Å². The first-order valence-corrected chi connectivity index (χ1v) is 7.26. The Bertz CT molecular complexity index is 235. The third-order valence-corrected chi connectivity index (χ3v) is 3.95. The van der Waals surface area contributed by atoms with Crippen LogP contribution >= 0.6 is 0 Å². The molecule has 0 bridgehead atoms. The molecule has 108 valence electrons. The van der Waals surface area contributed by atoms with Crippen LogP contribution in [0.1, 0.15) is 33.6 Å². The molecule has 0 aromatic carbocycles. The van der Waals surface area contributed by atoms with E-state index in [-0.39, 0.29) is 18.7 Å². The van der Waals surface area contributed by atoms with E-state index in [1.54, 1.807) is 0 Å². The monoisotopic (exact) mass is 257 g/mol. The molecule has 18 heavy (non-hydrogen) atoms. The summed E-state index contributed by atoms with van der Waals surface area (Å²) in [7, 11) is 2.17. The number of aliphatic hydroxyl groups is 1. The van der Waals surface area contributed by atoms with Gasteiger partial charge in [-0.1, -0.05) is 13.8 Å². The SMILES string of the molecule is CC(C)CC(N)C(CO)N1CCCN(C)CC1C. The largest absolute Gasteiger partial charge is 0.395 e. The topological polar surface area (TPSA) is 52.7 Å². The number of nitrogens with two attached hydrogens (primary N) is 1. The lowest BCUT2D eigenvalue weighted by Crippen LogP contribution is -2.54. The first-order chi connectivity index (χ1) is 8.45. The zero-order valence-corrected chi connectivity index (χ0v) is 12.5. The van der Waals surface area contributed by atoms with Gasteiger partial charge in [-0.25, -0.2) is 0 Å². The quantitative estimate of drug-likeness (QED) is 0.763. The van der Waals surface area contributed by atoms with Crippen molar-refractivity contribution in [2.75, 3.05) is 33.3 Å². The van der Waals surface area contributed by atoms with E-state index >= 15 is 0 Å². The Balaban J connectivity index is 2.67. The van der Waals surface area contributed by atoms with Crippen molar-refractivity contribution in [3.05, 3.63) is 0 Å². The van der Waals surface area contributed by atoms with Crippen LogP contribution in [-0.4, -0.2) is 66.3 Å². The number of nitrogens with zero attached hydrogens (tertiary/aromatic N) is 2. The molecule has 4 nitrogen and oxygen atoms in total. The molecule has 4 heteroatoms. The Morgan fingerprint density at radius 2 is 2.00 bits per heavy atom. The second-order valence-corrected chi connectivity index (χ2v) is 6.25. The molecule has 0 saturated carbocycles. The highest BCUT2D eigenvalue weighted by Gasteiger charge is 2.30. The molecule has 1 fully saturated rings. The summed E-state index contributed by atoms with van der Waals surface area (Å²) in [6.07, 6.45) is 2.13. The van der Waals surface area contributed by atoms with Crippen molar-refractivity contribution in [2.24, 2.45) is 11.7 Å². The lowest BCUT2D eigenvalue weighted by atomic mass is 9.96. The molecule has 3 N–H and O–H groups in total. The van der Waals surface area contributed by atoms with Crippen LogP contribution in [0.3, 0.4) is 0 Å². The smallest absolute Gasteiger partial charge is 0.0602 e. The second-order valence-electron chi connectivity index (χ2n) is 6.25. The Labute approximate surface area is 112 Å². The summed E-state index contributed by atoms with van der Waals surface area (Å²) >= 11 is 0. The molecule has 0 aliphatic carbocycles. The molecule has 1 aliphatic rings. The van der Waals surface area contributed by atoms with E-state index in [9.17, 15) is 5.11 Å². The number of hydrogen-bond donors (Lipinski definition) is 2. The van der Waals surface area contributed by atoms with Gasteiger partial charge in [-0.05, 0) is 39.3 Å². The minimum atomic E-state index is 0.0702. The molecular formula is C14H31N3O. The molecule has 3 unspecified atom stereocenters. The van der Waals surface area contributed by atoms with Gasteiger partial charge in [0, 0.05) is 31.2 Å². The molecule has 0 amide bonds. The van der Waals surface area contributed by atoms with E-state index in [4.69, 9.17) is 5.73 Å². The fourth-order valence-corrected chi connectivity index (χ4v) is 3.07. The van der Waals surface area contributed by atoms with Gasteiger partial charge in [0.1, 0.15) is 0 Å². The van der Waals surface area contributed by atoms with Crippen molar-refractivity contribution in [3.8, 4) is 0 Å². The van der Waals surface area contributed by atoms with Crippen molar-refractivity contribution in [1.29, 1.82) is 0 Å². The molecule has 0 radical (unpaired) electrons. The minimum Gasteiger partial charge on any atom is -0.395 e. The average molecular weight is 257 g/mol. The highest BCUT2D eigenvalue weighted by atomic mass is 16.3. The van der Waals surface area contributed by atoms with E-state index in [0.29, 0.717) is 12.0 Å². The van der Waals surface area contributed by atoms with Crippen molar-refractivity contribution in [1.82, 2.24) is 9.80 Å². The van der Waals surface area contributed by atoms with E-state index in [1.165, 1.54) is 0 Å². The van der Waals surface area contributed by atoms with Gasteiger partial charge in [0.05, 0.1) is 6.61 Å².